The zero-order chi connectivity index (χ0) is 23.1. The number of alkyl halides is 1. The molecule has 174 valence electrons. The van der Waals surface area contributed by atoms with Gasteiger partial charge in [0.1, 0.15) is 6.67 Å². The summed E-state index contributed by atoms with van der Waals surface area (Å²) in [5.74, 6) is -0.164. The zero-order valence-electron chi connectivity index (χ0n) is 19.1. The molecule has 1 aromatic heterocycles. The molecule has 6 nitrogen and oxygen atoms in total. The smallest absolute Gasteiger partial charge is 0.221 e. The van der Waals surface area contributed by atoms with Gasteiger partial charge < -0.3 is 20.1 Å². The van der Waals surface area contributed by atoms with Gasteiger partial charge in [-0.2, -0.15) is 0 Å². The summed E-state index contributed by atoms with van der Waals surface area (Å²) in [6, 6.07) is 11.5. The molecule has 2 N–H and O–H groups in total. The maximum atomic E-state index is 13.6. The molecule has 0 radical (unpaired) electrons. The van der Waals surface area contributed by atoms with E-state index in [1.165, 1.54) is 0 Å². The molecule has 1 aliphatic heterocycles. The second kappa shape index (κ2) is 11.5. The average Bonchev–Trinajstić information content (AvgIpc) is 2.77. The van der Waals surface area contributed by atoms with Crippen molar-refractivity contribution in [2.24, 2.45) is 0 Å². The largest absolute Gasteiger partial charge is 0.368 e. The van der Waals surface area contributed by atoms with Crippen molar-refractivity contribution in [3.8, 4) is 11.1 Å². The number of carbonyl (C=O) groups excluding carboxylic acids is 1. The Morgan fingerprint density at radius 1 is 1.25 bits per heavy atom. The number of aliphatic hydroxyl groups excluding tert-OH is 1. The van der Waals surface area contributed by atoms with Gasteiger partial charge in [-0.3, -0.25) is 9.78 Å². The van der Waals surface area contributed by atoms with Crippen LogP contribution in [0.1, 0.15) is 37.4 Å². The summed E-state index contributed by atoms with van der Waals surface area (Å²) in [6.45, 7) is 3.82. The summed E-state index contributed by atoms with van der Waals surface area (Å²) < 4.78 is 18.9. The van der Waals surface area contributed by atoms with Gasteiger partial charge in [0.15, 0.2) is 6.29 Å². The molecule has 1 aromatic carbocycles. The van der Waals surface area contributed by atoms with Crippen LogP contribution in [0.5, 0.6) is 0 Å². The fraction of sp³-hybridized carbons (Fsp3) is 0.520. The average molecular weight is 444 g/mol. The fourth-order valence-electron chi connectivity index (χ4n) is 4.11. The van der Waals surface area contributed by atoms with E-state index in [0.717, 1.165) is 28.8 Å². The summed E-state index contributed by atoms with van der Waals surface area (Å²) in [4.78, 5) is 18.8. The van der Waals surface area contributed by atoms with Crippen molar-refractivity contribution in [3.05, 3.63) is 53.9 Å². The van der Waals surface area contributed by atoms with E-state index in [1.807, 2.05) is 63.5 Å². The first kappa shape index (κ1) is 24.3. The summed E-state index contributed by atoms with van der Waals surface area (Å²) in [5.41, 5.74) is 4.03. The van der Waals surface area contributed by atoms with Gasteiger partial charge in [0.25, 0.3) is 0 Å². The molecule has 0 saturated carbocycles. The lowest BCUT2D eigenvalue weighted by molar-refractivity contribution is -0.173. The van der Waals surface area contributed by atoms with Gasteiger partial charge in [0.2, 0.25) is 5.91 Å². The minimum atomic E-state index is -0.760. The number of pyridine rings is 1. The van der Waals surface area contributed by atoms with Crippen LogP contribution in [0, 0.1) is 6.92 Å². The highest BCUT2D eigenvalue weighted by Crippen LogP contribution is 2.22. The molecule has 4 unspecified atom stereocenters. The summed E-state index contributed by atoms with van der Waals surface area (Å²) in [7, 11) is 1.94. The molecule has 1 amide bonds. The number of aromatic nitrogens is 1. The lowest BCUT2D eigenvalue weighted by Gasteiger charge is -2.36. The van der Waals surface area contributed by atoms with Gasteiger partial charge in [0, 0.05) is 42.9 Å². The number of halogens is 1. The van der Waals surface area contributed by atoms with Crippen molar-refractivity contribution in [3.63, 3.8) is 0 Å². The first-order valence-corrected chi connectivity index (χ1v) is 11.2. The second-order valence-corrected chi connectivity index (χ2v) is 8.77. The number of hydrogen-bond acceptors (Lipinski definition) is 5. The maximum Gasteiger partial charge on any atom is 0.221 e. The van der Waals surface area contributed by atoms with Crippen molar-refractivity contribution in [1.82, 2.24) is 15.2 Å². The van der Waals surface area contributed by atoms with Crippen molar-refractivity contribution in [2.45, 2.75) is 64.0 Å². The number of nitrogens with one attached hydrogen (secondary N) is 1. The molecular weight excluding hydrogens is 409 g/mol. The fourth-order valence-corrected chi connectivity index (χ4v) is 4.11. The highest BCUT2D eigenvalue weighted by molar-refractivity contribution is 5.76. The van der Waals surface area contributed by atoms with Crippen LogP contribution in [-0.2, 0) is 16.0 Å². The van der Waals surface area contributed by atoms with Gasteiger partial charge in [0.05, 0.1) is 12.1 Å². The number of hydrogen-bond donors (Lipinski definition) is 2. The van der Waals surface area contributed by atoms with E-state index < -0.39 is 19.0 Å². The molecule has 4 atom stereocenters. The zero-order valence-corrected chi connectivity index (χ0v) is 19.1. The number of carbonyl (C=O) groups is 1. The maximum absolute atomic E-state index is 13.6. The second-order valence-electron chi connectivity index (χ2n) is 8.77. The Morgan fingerprint density at radius 2 is 1.97 bits per heavy atom. The number of aryl methyl sites for hydroxylation is 1. The number of benzene rings is 1. The van der Waals surface area contributed by atoms with Crippen molar-refractivity contribution in [2.75, 3.05) is 20.3 Å². The minimum absolute atomic E-state index is 0.00963. The quantitative estimate of drug-likeness (QED) is 0.622. The highest BCUT2D eigenvalue weighted by atomic mass is 19.1. The van der Waals surface area contributed by atoms with Gasteiger partial charge in [-0.25, -0.2) is 4.39 Å². The molecule has 0 spiro atoms. The first-order chi connectivity index (χ1) is 15.3. The van der Waals surface area contributed by atoms with Gasteiger partial charge in [-0.1, -0.05) is 30.3 Å². The number of nitrogens with zero attached hydrogens (tertiary/aromatic N) is 2. The molecule has 3 rings (SSSR count). The Bertz CT molecular complexity index is 850. The van der Waals surface area contributed by atoms with Crippen LogP contribution in [-0.4, -0.2) is 65.6 Å². The van der Waals surface area contributed by atoms with Crippen LogP contribution >= 0.6 is 0 Å². The number of amides is 1. The molecule has 1 fully saturated rings. The van der Waals surface area contributed by atoms with Crippen LogP contribution < -0.4 is 5.32 Å². The molecule has 32 heavy (non-hydrogen) atoms. The minimum Gasteiger partial charge on any atom is -0.368 e. The Hall–Kier alpha value is -2.35. The molecular formula is C25H34FN3O3. The third-order valence-corrected chi connectivity index (χ3v) is 6.01. The van der Waals surface area contributed by atoms with E-state index in [4.69, 9.17) is 4.74 Å². The lowest BCUT2D eigenvalue weighted by atomic mass is 10.0. The van der Waals surface area contributed by atoms with Crippen LogP contribution in [0.15, 0.2) is 42.6 Å². The summed E-state index contributed by atoms with van der Waals surface area (Å²) in [5, 5.41) is 12.6. The standard InChI is InChI=1S/C25H34FN3O3/c1-17-4-7-21(16-27-17)20-8-5-19(6-9-20)13-22(15-26)28-24(30)10-11-29(3)23-12-18(2)32-25(31)14-23/h4-9,16,18,22-23,25,31H,10-15H2,1-3H3,(H,28,30). The van der Waals surface area contributed by atoms with E-state index in [0.29, 0.717) is 19.4 Å². The molecule has 0 aliphatic carbocycles. The van der Waals surface area contributed by atoms with E-state index in [9.17, 15) is 14.3 Å². The highest BCUT2D eigenvalue weighted by Gasteiger charge is 2.28. The van der Waals surface area contributed by atoms with Crippen molar-refractivity contribution < 1.29 is 19.0 Å². The SMILES string of the molecule is Cc1ccc(-c2ccc(CC(CF)NC(=O)CCN(C)C3CC(C)OC(O)C3)cc2)cn1. The van der Waals surface area contributed by atoms with Crippen molar-refractivity contribution >= 4 is 5.91 Å². The molecule has 2 aromatic rings. The van der Waals surface area contributed by atoms with Crippen LogP contribution in [0.3, 0.4) is 0 Å². The number of rotatable bonds is 9. The molecule has 7 heteroatoms. The predicted octanol–water partition coefficient (Wildman–Crippen LogP) is 3.26. The summed E-state index contributed by atoms with van der Waals surface area (Å²) in [6.07, 6.45) is 3.14. The Labute approximate surface area is 189 Å². The molecule has 1 aliphatic rings. The number of ether oxygens (including phenoxy) is 1. The van der Waals surface area contributed by atoms with Crippen molar-refractivity contribution in [1.29, 1.82) is 0 Å². The Balaban J connectivity index is 1.47. The molecule has 0 bridgehead atoms. The lowest BCUT2D eigenvalue weighted by Crippen LogP contribution is -2.45. The molecule has 2 heterocycles. The van der Waals surface area contributed by atoms with Crippen LogP contribution in [0.4, 0.5) is 4.39 Å². The Kier molecular flexibility index (Phi) is 8.73. The van der Waals surface area contributed by atoms with E-state index in [-0.39, 0.29) is 24.5 Å². The van der Waals surface area contributed by atoms with Crippen LogP contribution in [0.25, 0.3) is 11.1 Å². The third kappa shape index (κ3) is 7.08. The monoisotopic (exact) mass is 443 g/mol. The van der Waals surface area contributed by atoms with E-state index >= 15 is 0 Å². The van der Waals surface area contributed by atoms with Gasteiger partial charge in [-0.15, -0.1) is 0 Å². The van der Waals surface area contributed by atoms with Gasteiger partial charge in [-0.05, 0) is 50.9 Å². The first-order valence-electron chi connectivity index (χ1n) is 11.2. The van der Waals surface area contributed by atoms with Gasteiger partial charge >= 0.3 is 0 Å². The third-order valence-electron chi connectivity index (χ3n) is 6.01. The molecule has 1 saturated heterocycles. The topological polar surface area (TPSA) is 74.7 Å². The summed E-state index contributed by atoms with van der Waals surface area (Å²) >= 11 is 0. The van der Waals surface area contributed by atoms with E-state index in [1.54, 1.807) is 0 Å². The Morgan fingerprint density at radius 3 is 2.59 bits per heavy atom. The number of aliphatic hydroxyl groups is 1. The normalized spacial score (nSPS) is 22.0. The predicted molar refractivity (Wildman–Crippen MR) is 123 cm³/mol. The van der Waals surface area contributed by atoms with E-state index in [2.05, 4.69) is 15.2 Å². The van der Waals surface area contributed by atoms with Crippen LogP contribution in [0.2, 0.25) is 0 Å².